The third kappa shape index (κ3) is 5.13. The van der Waals surface area contributed by atoms with Crippen LogP contribution < -0.4 is 16.0 Å². The molecule has 2 aliphatic rings. The fraction of sp³-hybridized carbons (Fsp3) is 0.625. The Morgan fingerprint density at radius 3 is 2.39 bits per heavy atom. The maximum Gasteiger partial charge on any atom is 0.229 e. The first-order chi connectivity index (χ1) is 11.1. The quantitative estimate of drug-likeness (QED) is 0.448. The molecule has 0 aromatic carbocycles. The molecule has 23 heavy (non-hydrogen) atoms. The molecule has 124 valence electrons. The molecule has 0 amide bonds. The molecule has 7 heteroatoms. The van der Waals surface area contributed by atoms with E-state index in [0.29, 0.717) is 29.1 Å². The minimum Gasteiger partial charge on any atom is -0.360 e. The van der Waals surface area contributed by atoms with Crippen LogP contribution in [0.15, 0.2) is 11.1 Å². The molecular formula is C16H24N6S. The number of aliphatic imine (C=N–C) groups is 1. The Morgan fingerprint density at radius 1 is 1.13 bits per heavy atom. The van der Waals surface area contributed by atoms with Crippen molar-refractivity contribution in [3.8, 4) is 0 Å². The molecule has 1 heterocycles. The summed E-state index contributed by atoms with van der Waals surface area (Å²) in [6.45, 7) is 3.92. The van der Waals surface area contributed by atoms with Crippen LogP contribution in [0, 0.1) is 13.8 Å². The molecule has 2 aliphatic carbocycles. The van der Waals surface area contributed by atoms with Crippen LogP contribution in [-0.4, -0.2) is 33.1 Å². The van der Waals surface area contributed by atoms with Crippen LogP contribution in [0.5, 0.6) is 0 Å². The van der Waals surface area contributed by atoms with E-state index in [9.17, 15) is 0 Å². The van der Waals surface area contributed by atoms with Crippen molar-refractivity contribution in [2.24, 2.45) is 4.99 Å². The highest BCUT2D eigenvalue weighted by atomic mass is 32.1. The summed E-state index contributed by atoms with van der Waals surface area (Å²) >= 11 is 5.37. The minimum atomic E-state index is 0.347. The largest absolute Gasteiger partial charge is 0.360 e. The van der Waals surface area contributed by atoms with Crippen LogP contribution in [0.2, 0.25) is 0 Å². The highest BCUT2D eigenvalue weighted by Gasteiger charge is 2.22. The first kappa shape index (κ1) is 16.1. The third-order valence-corrected chi connectivity index (χ3v) is 4.21. The number of nitrogens with zero attached hydrogens (tertiary/aromatic N) is 3. The van der Waals surface area contributed by atoms with E-state index in [1.807, 2.05) is 19.9 Å². The second kappa shape index (κ2) is 7.21. The van der Waals surface area contributed by atoms with E-state index in [0.717, 1.165) is 24.2 Å². The van der Waals surface area contributed by atoms with Crippen LogP contribution in [-0.2, 0) is 0 Å². The van der Waals surface area contributed by atoms with Gasteiger partial charge in [-0.25, -0.2) is 15.0 Å². The number of rotatable bonds is 3. The van der Waals surface area contributed by atoms with E-state index < -0.39 is 0 Å². The normalized spacial score (nSPS) is 18.8. The van der Waals surface area contributed by atoms with Gasteiger partial charge in [-0.15, -0.1) is 0 Å². The average molecular weight is 332 g/mol. The van der Waals surface area contributed by atoms with Gasteiger partial charge >= 0.3 is 0 Å². The van der Waals surface area contributed by atoms with Gasteiger partial charge in [0.1, 0.15) is 0 Å². The summed E-state index contributed by atoms with van der Waals surface area (Å²) < 4.78 is 0. The Kier molecular flexibility index (Phi) is 5.05. The molecule has 2 saturated carbocycles. The molecular weight excluding hydrogens is 308 g/mol. The van der Waals surface area contributed by atoms with Gasteiger partial charge in [-0.2, -0.15) is 0 Å². The minimum absolute atomic E-state index is 0.347. The summed E-state index contributed by atoms with van der Waals surface area (Å²) in [6.07, 6.45) is 7.11. The zero-order valence-electron chi connectivity index (χ0n) is 13.7. The van der Waals surface area contributed by atoms with Gasteiger partial charge in [0.15, 0.2) is 5.11 Å². The number of thiocarbonyl (C=S) groups is 1. The average Bonchev–Trinajstić information content (AvgIpc) is 3.11. The Labute approximate surface area is 142 Å². The Balaban J connectivity index is 1.71. The summed E-state index contributed by atoms with van der Waals surface area (Å²) in [5, 5.41) is 10.3. The number of hydrogen-bond acceptors (Lipinski definition) is 4. The lowest BCUT2D eigenvalue weighted by Gasteiger charge is -2.15. The van der Waals surface area contributed by atoms with E-state index in [1.54, 1.807) is 0 Å². The predicted molar refractivity (Wildman–Crippen MR) is 96.7 cm³/mol. The van der Waals surface area contributed by atoms with Crippen molar-refractivity contribution in [1.82, 2.24) is 20.6 Å². The van der Waals surface area contributed by atoms with Crippen molar-refractivity contribution in [3.63, 3.8) is 0 Å². The van der Waals surface area contributed by atoms with Gasteiger partial charge in [-0.3, -0.25) is 5.32 Å². The molecule has 2 fully saturated rings. The summed E-state index contributed by atoms with van der Waals surface area (Å²) in [6, 6.07) is 2.81. The molecule has 3 rings (SSSR count). The highest BCUT2D eigenvalue weighted by Crippen LogP contribution is 2.21. The van der Waals surface area contributed by atoms with Gasteiger partial charge in [-0.05, 0) is 57.8 Å². The standard InChI is InChI=1S/C16H24N6S/c1-10-9-11(2)18-14(17-10)21-15(19-12-5-3-4-6-12)22-16(23)20-13-7-8-13/h9,12-13H,3-8H2,1-2H3,(H3,17,18,19,20,21,22,23). The molecule has 0 saturated heterocycles. The third-order valence-electron chi connectivity index (χ3n) is 3.99. The van der Waals surface area contributed by atoms with Crippen molar-refractivity contribution < 1.29 is 0 Å². The van der Waals surface area contributed by atoms with Gasteiger partial charge in [0.05, 0.1) is 6.04 Å². The van der Waals surface area contributed by atoms with Crippen molar-refractivity contribution in [3.05, 3.63) is 17.5 Å². The van der Waals surface area contributed by atoms with E-state index in [1.165, 1.54) is 25.7 Å². The molecule has 3 N–H and O–H groups in total. The zero-order valence-corrected chi connectivity index (χ0v) is 14.5. The molecule has 0 atom stereocenters. The Hall–Kier alpha value is -1.76. The number of aryl methyl sites for hydroxylation is 2. The van der Waals surface area contributed by atoms with Crippen LogP contribution >= 0.6 is 12.2 Å². The van der Waals surface area contributed by atoms with Gasteiger partial charge in [0.2, 0.25) is 11.9 Å². The first-order valence-corrected chi connectivity index (χ1v) is 8.74. The lowest BCUT2D eigenvalue weighted by Crippen LogP contribution is -2.44. The second-order valence-corrected chi connectivity index (χ2v) is 6.80. The number of nitrogens with one attached hydrogen (secondary N) is 3. The van der Waals surface area contributed by atoms with Crippen molar-refractivity contribution in [2.75, 3.05) is 5.32 Å². The molecule has 0 radical (unpaired) electrons. The van der Waals surface area contributed by atoms with Crippen LogP contribution in [0.1, 0.15) is 49.9 Å². The monoisotopic (exact) mass is 332 g/mol. The number of hydrogen-bond donors (Lipinski definition) is 3. The Morgan fingerprint density at radius 2 is 1.78 bits per heavy atom. The molecule has 0 unspecified atom stereocenters. The van der Waals surface area contributed by atoms with Gasteiger partial charge in [-0.1, -0.05) is 12.8 Å². The lowest BCUT2D eigenvalue weighted by atomic mass is 10.3. The molecule has 1 aromatic rings. The SMILES string of the molecule is Cc1cc(C)nc(NC(=NC2CCCC2)NC(=S)NC2CC2)n1. The van der Waals surface area contributed by atoms with Crippen LogP contribution in [0.4, 0.5) is 5.95 Å². The summed E-state index contributed by atoms with van der Waals surface area (Å²) in [5.74, 6) is 1.20. The molecule has 0 bridgehead atoms. The summed E-state index contributed by atoms with van der Waals surface area (Å²) in [4.78, 5) is 13.6. The lowest BCUT2D eigenvalue weighted by molar-refractivity contribution is 0.703. The first-order valence-electron chi connectivity index (χ1n) is 8.33. The highest BCUT2D eigenvalue weighted by molar-refractivity contribution is 7.80. The van der Waals surface area contributed by atoms with Crippen molar-refractivity contribution in [1.29, 1.82) is 0 Å². The molecule has 6 nitrogen and oxygen atoms in total. The molecule has 1 aromatic heterocycles. The van der Waals surface area contributed by atoms with Gasteiger partial charge in [0.25, 0.3) is 0 Å². The number of anilines is 1. The van der Waals surface area contributed by atoms with Gasteiger partial charge in [0, 0.05) is 17.4 Å². The number of guanidine groups is 1. The van der Waals surface area contributed by atoms with E-state index in [4.69, 9.17) is 17.2 Å². The maximum absolute atomic E-state index is 5.37. The van der Waals surface area contributed by atoms with Crippen molar-refractivity contribution in [2.45, 2.75) is 64.5 Å². The van der Waals surface area contributed by atoms with Crippen LogP contribution in [0.25, 0.3) is 0 Å². The maximum atomic E-state index is 5.37. The smallest absolute Gasteiger partial charge is 0.229 e. The zero-order chi connectivity index (χ0) is 16.2. The molecule has 0 aliphatic heterocycles. The van der Waals surface area contributed by atoms with Crippen LogP contribution in [0.3, 0.4) is 0 Å². The van der Waals surface area contributed by atoms with E-state index in [2.05, 4.69) is 25.9 Å². The molecule has 0 spiro atoms. The van der Waals surface area contributed by atoms with E-state index in [-0.39, 0.29) is 0 Å². The summed E-state index contributed by atoms with van der Waals surface area (Å²) in [7, 11) is 0. The van der Waals surface area contributed by atoms with Crippen molar-refractivity contribution >= 4 is 29.2 Å². The summed E-state index contributed by atoms with van der Waals surface area (Å²) in [5.41, 5.74) is 1.86. The predicted octanol–water partition coefficient (Wildman–Crippen LogP) is 2.43. The number of aromatic nitrogens is 2. The second-order valence-electron chi connectivity index (χ2n) is 6.39. The van der Waals surface area contributed by atoms with E-state index >= 15 is 0 Å². The fourth-order valence-electron chi connectivity index (χ4n) is 2.76. The fourth-order valence-corrected chi connectivity index (χ4v) is 3.02. The Bertz CT molecular complexity index is 584. The van der Waals surface area contributed by atoms with Gasteiger partial charge < -0.3 is 10.6 Å². The topological polar surface area (TPSA) is 74.2 Å².